The van der Waals surface area contributed by atoms with Gasteiger partial charge in [-0.1, -0.05) is 0 Å². The number of rotatable bonds is 2. The zero-order valence-electron chi connectivity index (χ0n) is 5.09. The van der Waals surface area contributed by atoms with E-state index in [2.05, 4.69) is 5.10 Å². The van der Waals surface area contributed by atoms with Crippen molar-refractivity contribution in [3.63, 3.8) is 0 Å². The average molecular weight is 128 g/mol. The molecular weight excluding hydrogens is 120 g/mol. The Hall–Kier alpha value is -1.19. The molecule has 4 nitrogen and oxygen atoms in total. The topological polar surface area (TPSA) is 58.0 Å². The van der Waals surface area contributed by atoms with Crippen LogP contribution in [0.2, 0.25) is 0 Å². The van der Waals surface area contributed by atoms with E-state index in [4.69, 9.17) is 5.11 Å². The van der Waals surface area contributed by atoms with Crippen molar-refractivity contribution in [2.45, 2.75) is 13.5 Å². The molecule has 0 amide bonds. The maximum Gasteiger partial charge on any atom is 0.325 e. The summed E-state index contributed by atoms with van der Waals surface area (Å²) in [5.74, 6) is -0.828. The predicted octanol–water partition coefficient (Wildman–Crippen LogP) is 0.209. The second kappa shape index (κ2) is 1.97. The summed E-state index contributed by atoms with van der Waals surface area (Å²) in [5, 5.41) is 11.0. The minimum atomic E-state index is -0.828. The van der Waals surface area contributed by atoms with Gasteiger partial charge in [0.15, 0.2) is 0 Å². The minimum absolute atomic E-state index is 0.0251. The van der Waals surface area contributed by atoms with Crippen LogP contribution in [0.4, 0.5) is 0 Å². The van der Waals surface area contributed by atoms with Crippen molar-refractivity contribution in [3.05, 3.63) is 11.9 Å². The van der Waals surface area contributed by atoms with Crippen LogP contribution in [0.1, 0.15) is 5.69 Å². The summed E-state index contributed by atoms with van der Waals surface area (Å²) >= 11 is 0. The van der Waals surface area contributed by atoms with Crippen molar-refractivity contribution >= 4 is 5.97 Å². The number of aromatic nitrogens is 2. The highest BCUT2D eigenvalue weighted by atomic mass is 16.4. The molecule has 1 heterocycles. The molecule has 0 saturated carbocycles. The van der Waals surface area contributed by atoms with Crippen molar-refractivity contribution in [1.82, 2.24) is 9.78 Å². The number of carbonyl (C=O) groups is 1. The number of hydrogen-bond donors (Lipinski definition) is 2. The summed E-state index contributed by atoms with van der Waals surface area (Å²) in [5.41, 5.74) is 0.997. The summed E-state index contributed by atoms with van der Waals surface area (Å²) in [6, 6.07) is 0. The van der Waals surface area contributed by atoms with Crippen LogP contribution in [0.25, 0.3) is 0 Å². The van der Waals surface area contributed by atoms with Crippen LogP contribution in [0.5, 0.6) is 0 Å². The van der Waals surface area contributed by atoms with E-state index < -0.39 is 5.97 Å². The van der Waals surface area contributed by atoms with Gasteiger partial charge in [0.25, 0.3) is 0 Å². The number of hydrogen-bond acceptors (Lipinski definition) is 1. The minimum Gasteiger partial charge on any atom is -0.480 e. The van der Waals surface area contributed by atoms with Crippen molar-refractivity contribution in [2.24, 2.45) is 0 Å². The lowest BCUT2D eigenvalue weighted by atomic mass is 10.5. The number of H-pyrrole nitrogens is 1. The molecular formula is C5H8N2O2. The fourth-order valence-electron chi connectivity index (χ4n) is 0.686. The van der Waals surface area contributed by atoms with Gasteiger partial charge in [0.1, 0.15) is 6.54 Å². The Labute approximate surface area is 52.1 Å². The lowest BCUT2D eigenvalue weighted by Crippen LogP contribution is -2.16. The fraction of sp³-hybridized carbons (Fsp3) is 0.400. The predicted molar refractivity (Wildman–Crippen MR) is 31.2 cm³/mol. The number of aryl methyl sites for hydroxylation is 1. The van der Waals surface area contributed by atoms with E-state index in [9.17, 15) is 4.79 Å². The molecule has 2 N–H and O–H groups in total. The molecule has 0 aliphatic heterocycles. The number of aromatic amines is 1. The van der Waals surface area contributed by atoms with E-state index in [1.165, 1.54) is 4.68 Å². The van der Waals surface area contributed by atoms with Crippen LogP contribution < -0.4 is 0 Å². The Morgan fingerprint density at radius 3 is 2.89 bits per heavy atom. The van der Waals surface area contributed by atoms with Crippen LogP contribution in [0.3, 0.4) is 0 Å². The molecule has 0 radical (unpaired) electrons. The molecule has 0 aromatic carbocycles. The monoisotopic (exact) mass is 128 g/mol. The Bertz CT molecular complexity index is 199. The Kier molecular flexibility index (Phi) is 1.30. The Morgan fingerprint density at radius 1 is 2.00 bits per heavy atom. The molecule has 4 heteroatoms. The van der Waals surface area contributed by atoms with E-state index in [1.54, 1.807) is 6.20 Å². The van der Waals surface area contributed by atoms with Crippen LogP contribution in [0, 0.1) is 6.92 Å². The van der Waals surface area contributed by atoms with Crippen molar-refractivity contribution in [2.75, 3.05) is 0 Å². The number of nitrogens with zero attached hydrogens (tertiary/aromatic N) is 1. The third kappa shape index (κ3) is 1.35. The third-order valence-corrected chi connectivity index (χ3v) is 0.975. The second-order valence-corrected chi connectivity index (χ2v) is 1.95. The summed E-state index contributed by atoms with van der Waals surface area (Å²) in [6.45, 7) is 1.90. The number of carboxylic acids is 1. The summed E-state index contributed by atoms with van der Waals surface area (Å²) in [6.07, 6.45) is 1.74. The van der Waals surface area contributed by atoms with E-state index in [-0.39, 0.29) is 6.54 Å². The highest BCUT2D eigenvalue weighted by Gasteiger charge is 1.99. The van der Waals surface area contributed by atoms with E-state index in [0.29, 0.717) is 0 Å². The van der Waals surface area contributed by atoms with Gasteiger partial charge in [0.2, 0.25) is 0 Å². The first-order valence-electron chi connectivity index (χ1n) is 2.62. The Balaban J connectivity index is 2.44. The zero-order valence-corrected chi connectivity index (χ0v) is 5.09. The molecule has 1 aromatic heterocycles. The highest BCUT2D eigenvalue weighted by molar-refractivity contribution is 5.66. The lowest BCUT2D eigenvalue weighted by Gasteiger charge is -2.09. The summed E-state index contributed by atoms with van der Waals surface area (Å²) in [4.78, 5) is 10.00. The molecule has 0 spiro atoms. The van der Waals surface area contributed by atoms with E-state index in [1.807, 2.05) is 6.92 Å². The molecule has 0 atom stereocenters. The van der Waals surface area contributed by atoms with Gasteiger partial charge in [-0.3, -0.25) is 9.48 Å². The average Bonchev–Trinajstić information content (AvgIpc) is 1.60. The normalized spacial score (nSPS) is 9.89. The van der Waals surface area contributed by atoms with Gasteiger partial charge >= 0.3 is 5.97 Å². The fourth-order valence-corrected chi connectivity index (χ4v) is 0.686. The smallest absolute Gasteiger partial charge is 0.325 e. The second-order valence-electron chi connectivity index (χ2n) is 1.95. The molecule has 0 fully saturated rings. The van der Waals surface area contributed by atoms with Crippen LogP contribution in [0.15, 0.2) is 6.20 Å². The SMILES string of the molecule is Cc1cn(CC(=O)O)[nH]1. The molecule has 0 unspecified atom stereocenters. The van der Waals surface area contributed by atoms with Crippen LogP contribution in [-0.4, -0.2) is 20.9 Å². The first kappa shape index (κ1) is 5.94. The first-order valence-corrected chi connectivity index (χ1v) is 2.62. The number of carboxylic acid groups (broad SMARTS) is 1. The third-order valence-electron chi connectivity index (χ3n) is 0.975. The summed E-state index contributed by atoms with van der Waals surface area (Å²) < 4.78 is 1.51. The van der Waals surface area contributed by atoms with Gasteiger partial charge in [0, 0.05) is 11.9 Å². The van der Waals surface area contributed by atoms with Crippen LogP contribution in [-0.2, 0) is 11.3 Å². The molecule has 1 aromatic rings. The van der Waals surface area contributed by atoms with Crippen molar-refractivity contribution < 1.29 is 9.90 Å². The first-order chi connectivity index (χ1) is 4.18. The molecule has 1 rings (SSSR count). The maximum atomic E-state index is 10.00. The van der Waals surface area contributed by atoms with E-state index >= 15 is 0 Å². The summed E-state index contributed by atoms with van der Waals surface area (Å²) in [7, 11) is 0. The molecule has 9 heavy (non-hydrogen) atoms. The number of aliphatic carboxylic acids is 1. The zero-order chi connectivity index (χ0) is 6.85. The van der Waals surface area contributed by atoms with Crippen molar-refractivity contribution in [1.29, 1.82) is 0 Å². The Morgan fingerprint density at radius 2 is 2.56 bits per heavy atom. The standard InChI is InChI=1S/C5H8N2O2/c1-4-2-7(6-4)3-5(8)9/h2,6H,3H2,1H3,(H,8,9). The molecule has 0 bridgehead atoms. The van der Waals surface area contributed by atoms with Crippen molar-refractivity contribution in [3.8, 4) is 0 Å². The highest BCUT2D eigenvalue weighted by Crippen LogP contribution is 1.93. The van der Waals surface area contributed by atoms with Gasteiger partial charge in [-0.15, -0.1) is 0 Å². The van der Waals surface area contributed by atoms with Gasteiger partial charge in [0.05, 0.1) is 0 Å². The largest absolute Gasteiger partial charge is 0.480 e. The maximum absolute atomic E-state index is 10.00. The molecule has 0 aliphatic rings. The molecule has 0 saturated heterocycles. The van der Waals surface area contributed by atoms with Gasteiger partial charge < -0.3 is 10.2 Å². The van der Waals surface area contributed by atoms with Gasteiger partial charge in [-0.05, 0) is 6.92 Å². The van der Waals surface area contributed by atoms with Gasteiger partial charge in [-0.25, -0.2) is 0 Å². The molecule has 0 aliphatic carbocycles. The van der Waals surface area contributed by atoms with Crippen LogP contribution >= 0.6 is 0 Å². The molecule has 50 valence electrons. The number of nitrogens with one attached hydrogen (secondary N) is 1. The van der Waals surface area contributed by atoms with Gasteiger partial charge in [-0.2, -0.15) is 0 Å². The lowest BCUT2D eigenvalue weighted by molar-refractivity contribution is -0.138. The quantitative estimate of drug-likeness (QED) is 0.598. The van der Waals surface area contributed by atoms with E-state index in [0.717, 1.165) is 5.69 Å².